The molecule has 0 atom stereocenters. The average molecular weight is 314 g/mol. The topological polar surface area (TPSA) is 108 Å². The first-order valence-corrected chi connectivity index (χ1v) is 6.94. The molecule has 9 nitrogen and oxygen atoms in total. The number of aryl methyl sites for hydroxylation is 2. The summed E-state index contributed by atoms with van der Waals surface area (Å²) in [5.41, 5.74) is 1.72. The molecule has 0 aliphatic heterocycles. The van der Waals surface area contributed by atoms with E-state index in [1.807, 2.05) is 31.3 Å². The van der Waals surface area contributed by atoms with E-state index in [1.165, 1.54) is 16.9 Å². The van der Waals surface area contributed by atoms with Crippen molar-refractivity contribution in [3.63, 3.8) is 0 Å². The van der Waals surface area contributed by atoms with Gasteiger partial charge in [-0.15, -0.1) is 0 Å². The number of carbonyl (C=O) groups excluding carboxylic acids is 1. The van der Waals surface area contributed by atoms with E-state index in [-0.39, 0.29) is 24.7 Å². The number of fused-ring (bicyclic) bond motifs is 1. The summed E-state index contributed by atoms with van der Waals surface area (Å²) in [5.74, 6) is -0.00929. The number of rotatable bonds is 5. The van der Waals surface area contributed by atoms with Gasteiger partial charge in [0.1, 0.15) is 0 Å². The highest BCUT2D eigenvalue weighted by Gasteiger charge is 2.13. The molecule has 0 saturated heterocycles. The number of hydrogen-bond donors (Lipinski definition) is 1. The summed E-state index contributed by atoms with van der Waals surface area (Å²) < 4.78 is 3.17. The molecule has 9 heteroatoms. The number of anilines is 1. The number of hydrogen-bond acceptors (Lipinski definition) is 5. The first-order valence-electron chi connectivity index (χ1n) is 6.94. The lowest BCUT2D eigenvalue weighted by Crippen LogP contribution is -2.17. The van der Waals surface area contributed by atoms with E-state index in [0.29, 0.717) is 5.95 Å². The normalized spacial score (nSPS) is 10.8. The molecule has 1 N–H and O–H groups in total. The predicted molar refractivity (Wildman–Crippen MR) is 82.8 cm³/mol. The van der Waals surface area contributed by atoms with Crippen LogP contribution < -0.4 is 5.32 Å². The minimum Gasteiger partial charge on any atom is -0.358 e. The Kier molecular flexibility index (Phi) is 3.75. The van der Waals surface area contributed by atoms with E-state index < -0.39 is 4.92 Å². The molecule has 0 bridgehead atoms. The molecule has 1 aromatic carbocycles. The highest BCUT2D eigenvalue weighted by Crippen LogP contribution is 2.17. The molecule has 3 rings (SSSR count). The molecule has 23 heavy (non-hydrogen) atoms. The minimum absolute atomic E-state index is 0.141. The molecule has 118 valence electrons. The highest BCUT2D eigenvalue weighted by molar-refractivity contribution is 5.91. The SMILES string of the molecule is Cn1c(NC(=O)CCn2ccc([N+](=O)[O-])n2)nc2ccccc21. The van der Waals surface area contributed by atoms with E-state index in [1.54, 1.807) is 4.57 Å². The van der Waals surface area contributed by atoms with Crippen LogP contribution in [0.5, 0.6) is 0 Å². The van der Waals surface area contributed by atoms with E-state index >= 15 is 0 Å². The van der Waals surface area contributed by atoms with Crippen molar-refractivity contribution in [2.24, 2.45) is 7.05 Å². The van der Waals surface area contributed by atoms with Gasteiger partial charge in [0.15, 0.2) is 0 Å². The summed E-state index contributed by atoms with van der Waals surface area (Å²) in [5, 5.41) is 17.1. The zero-order valence-corrected chi connectivity index (χ0v) is 12.3. The molecule has 0 spiro atoms. The van der Waals surface area contributed by atoms with Crippen molar-refractivity contribution < 1.29 is 9.72 Å². The Balaban J connectivity index is 1.64. The van der Waals surface area contributed by atoms with Gasteiger partial charge in [0.25, 0.3) is 0 Å². The second kappa shape index (κ2) is 5.87. The fourth-order valence-electron chi connectivity index (χ4n) is 2.23. The molecule has 0 unspecified atom stereocenters. The maximum absolute atomic E-state index is 12.0. The van der Waals surface area contributed by atoms with Crippen molar-refractivity contribution in [3.05, 3.63) is 46.6 Å². The Morgan fingerprint density at radius 2 is 2.13 bits per heavy atom. The predicted octanol–water partition coefficient (Wildman–Crippen LogP) is 1.71. The monoisotopic (exact) mass is 314 g/mol. The Bertz CT molecular complexity index is 882. The molecular formula is C14H14N6O3. The van der Waals surface area contributed by atoms with Crippen LogP contribution in [0, 0.1) is 10.1 Å². The van der Waals surface area contributed by atoms with Crippen molar-refractivity contribution in [3.8, 4) is 0 Å². The van der Waals surface area contributed by atoms with Crippen LogP contribution in [0.2, 0.25) is 0 Å². The summed E-state index contributed by atoms with van der Waals surface area (Å²) in [6, 6.07) is 8.86. The number of nitrogens with zero attached hydrogens (tertiary/aromatic N) is 5. The zero-order chi connectivity index (χ0) is 16.4. The van der Waals surface area contributed by atoms with Gasteiger partial charge in [-0.25, -0.2) is 4.98 Å². The van der Waals surface area contributed by atoms with Gasteiger partial charge in [0.05, 0.1) is 34.9 Å². The van der Waals surface area contributed by atoms with Crippen LogP contribution >= 0.6 is 0 Å². The first kappa shape index (κ1) is 14.7. The molecule has 0 aliphatic carbocycles. The molecule has 0 aliphatic rings. The highest BCUT2D eigenvalue weighted by atomic mass is 16.6. The van der Waals surface area contributed by atoms with Gasteiger partial charge in [0.2, 0.25) is 11.9 Å². The lowest BCUT2D eigenvalue weighted by molar-refractivity contribution is -0.389. The Morgan fingerprint density at radius 1 is 1.35 bits per heavy atom. The molecule has 0 saturated carbocycles. The van der Waals surface area contributed by atoms with Crippen LogP contribution in [0.25, 0.3) is 11.0 Å². The second-order valence-corrected chi connectivity index (χ2v) is 4.98. The van der Waals surface area contributed by atoms with Crippen LogP contribution in [0.4, 0.5) is 11.8 Å². The third-order valence-electron chi connectivity index (χ3n) is 3.42. The number of benzene rings is 1. The van der Waals surface area contributed by atoms with Gasteiger partial charge in [-0.3, -0.25) is 10.1 Å². The summed E-state index contributed by atoms with van der Waals surface area (Å²) >= 11 is 0. The number of para-hydroxylation sites is 2. The van der Waals surface area contributed by atoms with Crippen LogP contribution in [0.1, 0.15) is 6.42 Å². The summed E-state index contributed by atoms with van der Waals surface area (Å²) in [4.78, 5) is 26.4. The van der Waals surface area contributed by atoms with Crippen molar-refractivity contribution in [2.75, 3.05) is 5.32 Å². The molecular weight excluding hydrogens is 300 g/mol. The Morgan fingerprint density at radius 3 is 2.83 bits per heavy atom. The van der Waals surface area contributed by atoms with Crippen molar-refractivity contribution in [2.45, 2.75) is 13.0 Å². The molecule has 3 aromatic rings. The van der Waals surface area contributed by atoms with Gasteiger partial charge in [-0.2, -0.15) is 4.68 Å². The second-order valence-electron chi connectivity index (χ2n) is 4.98. The quantitative estimate of drug-likeness (QED) is 0.569. The van der Waals surface area contributed by atoms with Crippen LogP contribution in [-0.2, 0) is 18.4 Å². The first-order chi connectivity index (χ1) is 11.0. The van der Waals surface area contributed by atoms with Crippen molar-refractivity contribution >= 4 is 28.7 Å². The third-order valence-corrected chi connectivity index (χ3v) is 3.42. The van der Waals surface area contributed by atoms with Gasteiger partial charge in [-0.05, 0) is 17.1 Å². The number of carbonyl (C=O) groups is 1. The Hall–Kier alpha value is -3.23. The van der Waals surface area contributed by atoms with Crippen LogP contribution in [0.3, 0.4) is 0 Å². The van der Waals surface area contributed by atoms with E-state index in [0.717, 1.165) is 11.0 Å². The van der Waals surface area contributed by atoms with Crippen molar-refractivity contribution in [1.82, 2.24) is 19.3 Å². The molecule has 1 amide bonds. The maximum Gasteiger partial charge on any atom is 0.389 e. The number of aromatic nitrogens is 4. The molecule has 0 radical (unpaired) electrons. The smallest absolute Gasteiger partial charge is 0.358 e. The number of imidazole rings is 1. The van der Waals surface area contributed by atoms with Crippen LogP contribution in [-0.4, -0.2) is 30.2 Å². The molecule has 2 heterocycles. The lowest BCUT2D eigenvalue weighted by Gasteiger charge is -2.04. The number of nitrogens with one attached hydrogen (secondary N) is 1. The van der Waals surface area contributed by atoms with E-state index in [9.17, 15) is 14.9 Å². The van der Waals surface area contributed by atoms with Gasteiger partial charge in [0, 0.05) is 13.5 Å². The maximum atomic E-state index is 12.0. The van der Waals surface area contributed by atoms with Crippen LogP contribution in [0.15, 0.2) is 36.5 Å². The van der Waals surface area contributed by atoms with Gasteiger partial charge >= 0.3 is 5.82 Å². The fraction of sp³-hybridized carbons (Fsp3) is 0.214. The van der Waals surface area contributed by atoms with Crippen molar-refractivity contribution in [1.29, 1.82) is 0 Å². The number of amides is 1. The Labute approximate surface area is 130 Å². The molecule has 0 fully saturated rings. The average Bonchev–Trinajstić information content (AvgIpc) is 3.12. The third kappa shape index (κ3) is 3.03. The minimum atomic E-state index is -0.573. The van der Waals surface area contributed by atoms with Gasteiger partial charge in [-0.1, -0.05) is 12.1 Å². The summed E-state index contributed by atoms with van der Waals surface area (Å²) in [6.07, 6.45) is 1.61. The number of nitro groups is 1. The largest absolute Gasteiger partial charge is 0.389 e. The van der Waals surface area contributed by atoms with E-state index in [2.05, 4.69) is 15.4 Å². The standard InChI is InChI=1S/C14H14N6O3/c1-18-11-5-3-2-4-10(11)15-14(18)16-13(21)7-9-19-8-6-12(17-19)20(22)23/h2-6,8H,7,9H2,1H3,(H,15,16,21). The van der Waals surface area contributed by atoms with Gasteiger partial charge < -0.3 is 14.7 Å². The zero-order valence-electron chi connectivity index (χ0n) is 12.3. The fourth-order valence-corrected chi connectivity index (χ4v) is 2.23. The van der Waals surface area contributed by atoms with E-state index in [4.69, 9.17) is 0 Å². The summed E-state index contributed by atoms with van der Waals surface area (Å²) in [7, 11) is 1.82. The lowest BCUT2D eigenvalue weighted by atomic mass is 10.3. The molecule has 2 aromatic heterocycles. The summed E-state index contributed by atoms with van der Waals surface area (Å²) in [6.45, 7) is 0.254.